The lowest BCUT2D eigenvalue weighted by Gasteiger charge is -2.04. The van der Waals surface area contributed by atoms with Gasteiger partial charge in [-0.1, -0.05) is 30.7 Å². The Morgan fingerprint density at radius 1 is 1.35 bits per heavy atom. The number of carbonyl (C=O) groups excluding carboxylic acids is 1. The molecule has 0 N–H and O–H groups in total. The fourth-order valence-electron chi connectivity index (χ4n) is 1.87. The molecule has 3 nitrogen and oxygen atoms in total. The molecule has 20 heavy (non-hydrogen) atoms. The van der Waals surface area contributed by atoms with Crippen molar-refractivity contribution >= 4 is 29.2 Å². The van der Waals surface area contributed by atoms with Crippen LogP contribution < -0.4 is 0 Å². The van der Waals surface area contributed by atoms with Crippen molar-refractivity contribution in [1.29, 1.82) is 5.26 Å². The third-order valence-electron chi connectivity index (χ3n) is 2.92. The number of nitrogens with zero attached hydrogens (tertiary/aromatic N) is 2. The first-order chi connectivity index (χ1) is 9.65. The van der Waals surface area contributed by atoms with E-state index in [-0.39, 0.29) is 5.91 Å². The van der Waals surface area contributed by atoms with E-state index in [1.54, 1.807) is 60.2 Å². The number of benzene rings is 1. The molecule has 0 aliphatic heterocycles. The Bertz CT molecular complexity index is 690. The summed E-state index contributed by atoms with van der Waals surface area (Å²) in [5, 5.41) is 9.91. The van der Waals surface area contributed by atoms with Crippen molar-refractivity contribution in [3.8, 4) is 6.07 Å². The second-order valence-corrected chi connectivity index (χ2v) is 4.66. The number of allylic oxidation sites excluding steroid dienone is 1. The Balaban J connectivity index is 2.42. The van der Waals surface area contributed by atoms with Gasteiger partial charge < -0.3 is 0 Å². The van der Waals surface area contributed by atoms with E-state index in [1.165, 1.54) is 0 Å². The minimum Gasteiger partial charge on any atom is -0.288 e. The lowest BCUT2D eigenvalue weighted by molar-refractivity contribution is 0.0908. The maximum atomic E-state index is 11.8. The van der Waals surface area contributed by atoms with Gasteiger partial charge in [-0.05, 0) is 35.9 Å². The molecule has 0 saturated carbocycles. The van der Waals surface area contributed by atoms with Gasteiger partial charge in [0.1, 0.15) is 0 Å². The highest BCUT2D eigenvalue weighted by molar-refractivity contribution is 6.30. The van der Waals surface area contributed by atoms with Crippen molar-refractivity contribution in [3.05, 3.63) is 58.9 Å². The van der Waals surface area contributed by atoms with Crippen LogP contribution in [0.4, 0.5) is 0 Å². The Hall–Kier alpha value is -2.31. The minimum atomic E-state index is -0.00496. The molecule has 1 aromatic heterocycles. The molecule has 0 saturated heterocycles. The number of aromatic nitrogens is 1. The van der Waals surface area contributed by atoms with E-state index in [0.29, 0.717) is 22.7 Å². The SMILES string of the molecule is CCC(=O)n1cccc1/C=C(\C#N)c1ccc(Cl)cc1. The number of carbonyl (C=O) groups is 1. The average Bonchev–Trinajstić information content (AvgIpc) is 2.93. The maximum Gasteiger partial charge on any atom is 0.230 e. The second-order valence-electron chi connectivity index (χ2n) is 4.23. The summed E-state index contributed by atoms with van der Waals surface area (Å²) >= 11 is 5.84. The Kier molecular flexibility index (Phi) is 4.39. The van der Waals surface area contributed by atoms with E-state index in [2.05, 4.69) is 6.07 Å². The quantitative estimate of drug-likeness (QED) is 0.791. The number of rotatable bonds is 3. The Labute approximate surface area is 122 Å². The lowest BCUT2D eigenvalue weighted by Crippen LogP contribution is -2.09. The Morgan fingerprint density at radius 3 is 2.65 bits per heavy atom. The van der Waals surface area contributed by atoms with Crippen LogP contribution in [0.15, 0.2) is 42.6 Å². The van der Waals surface area contributed by atoms with E-state index >= 15 is 0 Å². The largest absolute Gasteiger partial charge is 0.288 e. The third-order valence-corrected chi connectivity index (χ3v) is 3.17. The van der Waals surface area contributed by atoms with Gasteiger partial charge in [0.05, 0.1) is 11.6 Å². The first-order valence-corrected chi connectivity index (χ1v) is 6.61. The summed E-state index contributed by atoms with van der Waals surface area (Å²) in [5.74, 6) is -0.00496. The van der Waals surface area contributed by atoms with Gasteiger partial charge in [-0.15, -0.1) is 0 Å². The van der Waals surface area contributed by atoms with Gasteiger partial charge in [-0.2, -0.15) is 5.26 Å². The van der Waals surface area contributed by atoms with Crippen LogP contribution >= 0.6 is 11.6 Å². The highest BCUT2D eigenvalue weighted by atomic mass is 35.5. The van der Waals surface area contributed by atoms with Crippen molar-refractivity contribution in [2.24, 2.45) is 0 Å². The molecule has 2 rings (SSSR count). The summed E-state index contributed by atoms with van der Waals surface area (Å²) in [6.45, 7) is 1.81. The van der Waals surface area contributed by atoms with Crippen molar-refractivity contribution in [1.82, 2.24) is 4.57 Å². The van der Waals surface area contributed by atoms with E-state index in [1.807, 2.05) is 0 Å². The fourth-order valence-corrected chi connectivity index (χ4v) is 1.99. The molecule has 0 fully saturated rings. The summed E-state index contributed by atoms with van der Waals surface area (Å²) in [4.78, 5) is 11.8. The van der Waals surface area contributed by atoms with E-state index in [4.69, 9.17) is 11.6 Å². The zero-order chi connectivity index (χ0) is 14.5. The molecule has 0 aliphatic rings. The van der Waals surface area contributed by atoms with Crippen LogP contribution in [0.3, 0.4) is 0 Å². The van der Waals surface area contributed by atoms with Crippen LogP contribution in [-0.4, -0.2) is 10.5 Å². The molecule has 1 aromatic carbocycles. The average molecular weight is 285 g/mol. The molecule has 0 atom stereocenters. The van der Waals surface area contributed by atoms with Gasteiger partial charge in [0.2, 0.25) is 5.91 Å². The number of nitriles is 1. The standard InChI is InChI=1S/C16H13ClN2O/c1-2-16(20)19-9-3-4-15(19)10-13(11-18)12-5-7-14(17)8-6-12/h3-10H,2H2,1H3/b13-10+. The van der Waals surface area contributed by atoms with Gasteiger partial charge in [0.15, 0.2) is 0 Å². The van der Waals surface area contributed by atoms with Crippen molar-refractivity contribution < 1.29 is 4.79 Å². The van der Waals surface area contributed by atoms with E-state index in [9.17, 15) is 10.1 Å². The summed E-state index contributed by atoms with van der Waals surface area (Å²) in [5.41, 5.74) is 1.96. The second kappa shape index (κ2) is 6.23. The summed E-state index contributed by atoms with van der Waals surface area (Å²) in [7, 11) is 0. The molecule has 0 unspecified atom stereocenters. The monoisotopic (exact) mass is 284 g/mol. The summed E-state index contributed by atoms with van der Waals surface area (Å²) in [6.07, 6.45) is 3.82. The third kappa shape index (κ3) is 2.98. The molecular formula is C16H13ClN2O. The smallest absolute Gasteiger partial charge is 0.230 e. The highest BCUT2D eigenvalue weighted by Gasteiger charge is 2.07. The summed E-state index contributed by atoms with van der Waals surface area (Å²) < 4.78 is 1.55. The zero-order valence-electron chi connectivity index (χ0n) is 11.0. The normalized spacial score (nSPS) is 11.2. The van der Waals surface area contributed by atoms with Gasteiger partial charge in [0, 0.05) is 23.3 Å². The molecule has 4 heteroatoms. The molecule has 100 valence electrons. The number of hydrogen-bond acceptors (Lipinski definition) is 2. The highest BCUT2D eigenvalue weighted by Crippen LogP contribution is 2.20. The first-order valence-electron chi connectivity index (χ1n) is 6.24. The van der Waals surface area contributed by atoms with Crippen molar-refractivity contribution in [2.75, 3.05) is 0 Å². The molecular weight excluding hydrogens is 272 g/mol. The first kappa shape index (κ1) is 14.1. The number of halogens is 1. The molecule has 0 radical (unpaired) electrons. The lowest BCUT2D eigenvalue weighted by atomic mass is 10.1. The predicted octanol–water partition coefficient (Wildman–Crippen LogP) is 4.26. The van der Waals surface area contributed by atoms with Crippen LogP contribution in [-0.2, 0) is 0 Å². The van der Waals surface area contributed by atoms with Gasteiger partial charge in [-0.3, -0.25) is 9.36 Å². The zero-order valence-corrected chi connectivity index (χ0v) is 11.8. The molecule has 2 aromatic rings. The van der Waals surface area contributed by atoms with Gasteiger partial charge in [0.25, 0.3) is 0 Å². The fraction of sp³-hybridized carbons (Fsp3) is 0.125. The molecule has 0 spiro atoms. The molecule has 1 heterocycles. The molecule has 0 aliphatic carbocycles. The Morgan fingerprint density at radius 2 is 2.05 bits per heavy atom. The van der Waals surface area contributed by atoms with Crippen LogP contribution in [0, 0.1) is 11.3 Å². The van der Waals surface area contributed by atoms with Gasteiger partial charge in [-0.25, -0.2) is 0 Å². The van der Waals surface area contributed by atoms with Crippen LogP contribution in [0.1, 0.15) is 29.4 Å². The minimum absolute atomic E-state index is 0.00496. The van der Waals surface area contributed by atoms with Crippen LogP contribution in [0.25, 0.3) is 11.6 Å². The van der Waals surface area contributed by atoms with Crippen LogP contribution in [0.2, 0.25) is 5.02 Å². The van der Waals surface area contributed by atoms with Crippen molar-refractivity contribution in [3.63, 3.8) is 0 Å². The maximum absolute atomic E-state index is 11.8. The van der Waals surface area contributed by atoms with Gasteiger partial charge >= 0.3 is 0 Å². The van der Waals surface area contributed by atoms with Crippen LogP contribution in [0.5, 0.6) is 0 Å². The number of hydrogen-bond donors (Lipinski definition) is 0. The topological polar surface area (TPSA) is 45.8 Å². The summed E-state index contributed by atoms with van der Waals surface area (Å²) in [6, 6.07) is 12.8. The van der Waals surface area contributed by atoms with Crippen molar-refractivity contribution in [2.45, 2.75) is 13.3 Å². The molecule has 0 bridgehead atoms. The van der Waals surface area contributed by atoms with E-state index in [0.717, 1.165) is 5.56 Å². The predicted molar refractivity (Wildman–Crippen MR) is 80.3 cm³/mol. The molecule has 0 amide bonds. The van der Waals surface area contributed by atoms with E-state index < -0.39 is 0 Å².